The van der Waals surface area contributed by atoms with Crippen molar-refractivity contribution < 1.29 is 19.0 Å². The number of methoxy groups -OCH3 is 2. The standard InChI is InChI=1S/C33H33ClN2O4S/c1-38-29-19-28-27(30(34)31(29)39-2)16-17-35-21-33(28,40-32(37)36-20-24-6-4-3-5-7-24)25-12-8-22(9-13-25)18-23-10-14-26(41)15-11-23/h3-15,19,35,41H,16-18,20-21H2,1-2H3,(H,36,37). The van der Waals surface area contributed by atoms with E-state index < -0.39 is 11.7 Å². The Morgan fingerprint density at radius 1 is 0.951 bits per heavy atom. The Labute approximate surface area is 251 Å². The molecule has 212 valence electrons. The summed E-state index contributed by atoms with van der Waals surface area (Å²) < 4.78 is 17.7. The van der Waals surface area contributed by atoms with Crippen molar-refractivity contribution >= 4 is 30.3 Å². The van der Waals surface area contributed by atoms with Crippen LogP contribution in [0.25, 0.3) is 0 Å². The summed E-state index contributed by atoms with van der Waals surface area (Å²) in [7, 11) is 3.13. The second-order valence-electron chi connectivity index (χ2n) is 9.97. The summed E-state index contributed by atoms with van der Waals surface area (Å²) in [6, 6.07) is 27.9. The summed E-state index contributed by atoms with van der Waals surface area (Å²) in [6.45, 7) is 1.35. The molecule has 1 heterocycles. The molecule has 2 N–H and O–H groups in total. The van der Waals surface area contributed by atoms with Gasteiger partial charge in [-0.2, -0.15) is 0 Å². The van der Waals surface area contributed by atoms with Crippen molar-refractivity contribution in [1.82, 2.24) is 10.6 Å². The predicted octanol–water partition coefficient (Wildman–Crippen LogP) is 6.55. The van der Waals surface area contributed by atoms with Crippen LogP contribution in [0.5, 0.6) is 11.5 Å². The molecule has 41 heavy (non-hydrogen) atoms. The highest BCUT2D eigenvalue weighted by atomic mass is 35.5. The van der Waals surface area contributed by atoms with Gasteiger partial charge < -0.3 is 24.8 Å². The molecule has 0 aromatic heterocycles. The van der Waals surface area contributed by atoms with E-state index in [2.05, 4.69) is 47.5 Å². The first kappa shape index (κ1) is 28.9. The maximum absolute atomic E-state index is 13.4. The number of amides is 1. The fourth-order valence-corrected chi connectivity index (χ4v) is 5.80. The number of carbonyl (C=O) groups excluding carboxylic acids is 1. The lowest BCUT2D eigenvalue weighted by molar-refractivity contribution is 0.0395. The number of carbonyl (C=O) groups is 1. The Morgan fingerprint density at radius 2 is 1.63 bits per heavy atom. The predicted molar refractivity (Wildman–Crippen MR) is 165 cm³/mol. The maximum atomic E-state index is 13.4. The van der Waals surface area contributed by atoms with Gasteiger partial charge in [0.2, 0.25) is 0 Å². The minimum absolute atomic E-state index is 0.340. The molecule has 4 aromatic carbocycles. The Morgan fingerprint density at radius 3 is 2.29 bits per heavy atom. The second-order valence-corrected chi connectivity index (χ2v) is 10.9. The van der Waals surface area contributed by atoms with Crippen LogP contribution in [0.4, 0.5) is 4.79 Å². The van der Waals surface area contributed by atoms with Crippen molar-refractivity contribution in [1.29, 1.82) is 0 Å². The fourth-order valence-electron chi connectivity index (χ4n) is 5.28. The van der Waals surface area contributed by atoms with Crippen molar-refractivity contribution in [2.24, 2.45) is 0 Å². The molecule has 5 rings (SSSR count). The number of fused-ring (bicyclic) bond motifs is 1. The van der Waals surface area contributed by atoms with Crippen LogP contribution in [0.1, 0.15) is 33.4 Å². The molecule has 0 spiro atoms. The SMILES string of the molecule is COc1cc2c(c(Cl)c1OC)CCNCC2(OC(=O)NCc1ccccc1)c1ccc(Cc2ccc(S)cc2)cc1. The lowest BCUT2D eigenvalue weighted by Crippen LogP contribution is -2.44. The van der Waals surface area contributed by atoms with Crippen LogP contribution in [-0.2, 0) is 29.7 Å². The van der Waals surface area contributed by atoms with E-state index in [4.69, 9.17) is 25.8 Å². The molecule has 1 aliphatic rings. The Bertz CT molecular complexity index is 1500. The van der Waals surface area contributed by atoms with E-state index >= 15 is 0 Å². The van der Waals surface area contributed by atoms with Crippen molar-refractivity contribution in [3.05, 3.63) is 123 Å². The van der Waals surface area contributed by atoms with Gasteiger partial charge in [-0.15, -0.1) is 12.6 Å². The Hall–Kier alpha value is -3.65. The molecule has 1 atom stereocenters. The second kappa shape index (κ2) is 12.9. The Balaban J connectivity index is 1.55. The zero-order chi connectivity index (χ0) is 28.8. The van der Waals surface area contributed by atoms with Crippen LogP contribution in [0, 0.1) is 0 Å². The average Bonchev–Trinajstić information content (AvgIpc) is 3.18. The van der Waals surface area contributed by atoms with Gasteiger partial charge in [0.05, 0.1) is 19.2 Å². The first-order chi connectivity index (χ1) is 19.9. The van der Waals surface area contributed by atoms with Gasteiger partial charge >= 0.3 is 6.09 Å². The summed E-state index contributed by atoms with van der Waals surface area (Å²) in [4.78, 5) is 14.4. The largest absolute Gasteiger partial charge is 0.493 e. The maximum Gasteiger partial charge on any atom is 0.408 e. The van der Waals surface area contributed by atoms with E-state index in [-0.39, 0.29) is 0 Å². The number of rotatable bonds is 8. The van der Waals surface area contributed by atoms with Crippen LogP contribution in [0.2, 0.25) is 5.02 Å². The number of nitrogens with one attached hydrogen (secondary N) is 2. The van der Waals surface area contributed by atoms with E-state index in [0.717, 1.165) is 39.1 Å². The van der Waals surface area contributed by atoms with Gasteiger partial charge in [-0.1, -0.05) is 78.3 Å². The van der Waals surface area contributed by atoms with Gasteiger partial charge in [-0.25, -0.2) is 4.79 Å². The van der Waals surface area contributed by atoms with Gasteiger partial charge in [0.25, 0.3) is 0 Å². The van der Waals surface area contributed by atoms with Gasteiger partial charge in [-0.3, -0.25) is 0 Å². The highest BCUT2D eigenvalue weighted by Crippen LogP contribution is 2.47. The monoisotopic (exact) mass is 588 g/mol. The molecule has 6 nitrogen and oxygen atoms in total. The smallest absolute Gasteiger partial charge is 0.408 e. The molecule has 8 heteroatoms. The molecule has 0 saturated carbocycles. The highest BCUT2D eigenvalue weighted by molar-refractivity contribution is 7.80. The van der Waals surface area contributed by atoms with Gasteiger partial charge in [0.15, 0.2) is 17.1 Å². The lowest BCUT2D eigenvalue weighted by atomic mass is 9.82. The fraction of sp³-hybridized carbons (Fsp3) is 0.242. The minimum atomic E-state index is -1.18. The highest BCUT2D eigenvalue weighted by Gasteiger charge is 2.43. The first-order valence-corrected chi connectivity index (χ1v) is 14.3. The molecule has 4 aromatic rings. The van der Waals surface area contributed by atoms with Gasteiger partial charge in [-0.05, 0) is 59.8 Å². The normalized spacial score (nSPS) is 16.3. The molecule has 1 aliphatic heterocycles. The summed E-state index contributed by atoms with van der Waals surface area (Å²) in [6.07, 6.45) is 0.862. The van der Waals surface area contributed by atoms with Crippen LogP contribution in [-0.4, -0.2) is 33.4 Å². The molecule has 0 bridgehead atoms. The number of hydrogen-bond donors (Lipinski definition) is 3. The number of benzene rings is 4. The number of halogens is 1. The molecule has 0 saturated heterocycles. The minimum Gasteiger partial charge on any atom is -0.493 e. The molecule has 0 aliphatic carbocycles. The van der Waals surface area contributed by atoms with E-state index in [1.807, 2.05) is 60.7 Å². The zero-order valence-electron chi connectivity index (χ0n) is 23.1. The molecule has 0 fully saturated rings. The molecular weight excluding hydrogens is 556 g/mol. The van der Waals surface area contributed by atoms with Gasteiger partial charge in [0.1, 0.15) is 0 Å². The third-order valence-corrected chi connectivity index (χ3v) is 8.08. The van der Waals surface area contributed by atoms with Crippen molar-refractivity contribution in [2.45, 2.75) is 29.9 Å². The van der Waals surface area contributed by atoms with Crippen molar-refractivity contribution in [3.8, 4) is 11.5 Å². The van der Waals surface area contributed by atoms with Gasteiger partial charge in [0, 0.05) is 29.1 Å². The third kappa shape index (κ3) is 6.32. The number of alkyl carbamates (subject to hydrolysis) is 1. The quantitative estimate of drug-likeness (QED) is 0.204. The summed E-state index contributed by atoms with van der Waals surface area (Å²) in [5, 5.41) is 6.85. The van der Waals surface area contributed by atoms with Crippen molar-refractivity contribution in [2.75, 3.05) is 27.3 Å². The first-order valence-electron chi connectivity index (χ1n) is 13.5. The molecule has 1 amide bonds. The Kier molecular flexibility index (Phi) is 9.08. The van der Waals surface area contributed by atoms with Crippen LogP contribution >= 0.6 is 24.2 Å². The van der Waals surface area contributed by atoms with Crippen LogP contribution in [0.15, 0.2) is 89.8 Å². The number of thiol groups is 1. The molecule has 0 radical (unpaired) electrons. The topological polar surface area (TPSA) is 68.8 Å². The van der Waals surface area contributed by atoms with E-state index in [1.54, 1.807) is 14.2 Å². The molecule has 1 unspecified atom stereocenters. The van der Waals surface area contributed by atoms with Crippen LogP contribution < -0.4 is 20.1 Å². The van der Waals surface area contributed by atoms with E-state index in [0.29, 0.717) is 42.6 Å². The van der Waals surface area contributed by atoms with E-state index in [1.165, 1.54) is 5.56 Å². The molecular formula is C33H33ClN2O4S. The number of hydrogen-bond acceptors (Lipinski definition) is 6. The van der Waals surface area contributed by atoms with Crippen molar-refractivity contribution in [3.63, 3.8) is 0 Å². The lowest BCUT2D eigenvalue weighted by Gasteiger charge is -2.35. The third-order valence-electron chi connectivity index (χ3n) is 7.38. The summed E-state index contributed by atoms with van der Waals surface area (Å²) >= 11 is 11.3. The van der Waals surface area contributed by atoms with E-state index in [9.17, 15) is 4.79 Å². The summed E-state index contributed by atoms with van der Waals surface area (Å²) in [5.74, 6) is 0.930. The average molecular weight is 589 g/mol. The summed E-state index contributed by atoms with van der Waals surface area (Å²) in [5.41, 5.74) is 4.55. The number of ether oxygens (including phenoxy) is 3. The zero-order valence-corrected chi connectivity index (χ0v) is 24.7. The van der Waals surface area contributed by atoms with Crippen LogP contribution in [0.3, 0.4) is 0 Å².